The molecule has 2 rings (SSSR count). The number of hydrogen-bond acceptors (Lipinski definition) is 3. The molecule has 0 aliphatic carbocycles. The monoisotopic (exact) mass is 289 g/mol. The molecule has 1 aliphatic rings. The van der Waals surface area contributed by atoms with Crippen LogP contribution in [0, 0.1) is 0 Å². The minimum atomic E-state index is -0.284. The maximum absolute atomic E-state index is 12.4. The van der Waals surface area contributed by atoms with Gasteiger partial charge < -0.3 is 15.5 Å². The first-order valence-electron chi connectivity index (χ1n) is 7.34. The fourth-order valence-corrected chi connectivity index (χ4v) is 2.76. The van der Waals surface area contributed by atoms with Crippen LogP contribution in [0.5, 0.6) is 0 Å². The van der Waals surface area contributed by atoms with Crippen molar-refractivity contribution in [3.8, 4) is 0 Å². The van der Waals surface area contributed by atoms with Crippen molar-refractivity contribution in [2.24, 2.45) is 0 Å². The molecule has 5 nitrogen and oxygen atoms in total. The third-order valence-electron chi connectivity index (χ3n) is 3.88. The molecule has 0 bridgehead atoms. The number of anilines is 1. The second-order valence-electron chi connectivity index (χ2n) is 5.72. The van der Waals surface area contributed by atoms with Gasteiger partial charge in [0.25, 0.3) is 0 Å². The Morgan fingerprint density at radius 2 is 2.14 bits per heavy atom. The van der Waals surface area contributed by atoms with Crippen LogP contribution >= 0.6 is 0 Å². The molecule has 0 saturated carbocycles. The molecule has 1 fully saturated rings. The number of carbonyl (C=O) groups excluding carboxylic acids is 2. The Bertz CT molecular complexity index is 528. The van der Waals surface area contributed by atoms with Crippen LogP contribution in [0.1, 0.15) is 24.8 Å². The van der Waals surface area contributed by atoms with Crippen LogP contribution < -0.4 is 5.73 Å². The van der Waals surface area contributed by atoms with Crippen molar-refractivity contribution in [3.05, 3.63) is 29.8 Å². The summed E-state index contributed by atoms with van der Waals surface area (Å²) in [5.41, 5.74) is 7.50. The first kappa shape index (κ1) is 15.4. The second kappa shape index (κ2) is 6.61. The first-order valence-corrected chi connectivity index (χ1v) is 7.34. The summed E-state index contributed by atoms with van der Waals surface area (Å²) in [5, 5.41) is 0. The van der Waals surface area contributed by atoms with Gasteiger partial charge in [0.1, 0.15) is 6.04 Å². The Kier molecular flexibility index (Phi) is 4.83. The molecular formula is C16H23N3O2. The third-order valence-corrected chi connectivity index (χ3v) is 3.88. The molecule has 5 heteroatoms. The molecule has 2 amide bonds. The van der Waals surface area contributed by atoms with E-state index in [0.29, 0.717) is 25.1 Å². The molecule has 21 heavy (non-hydrogen) atoms. The van der Waals surface area contributed by atoms with Crippen LogP contribution in [-0.2, 0) is 16.0 Å². The number of likely N-dealkylation sites (tertiary alicyclic amines) is 1. The van der Waals surface area contributed by atoms with Crippen molar-refractivity contribution < 1.29 is 9.59 Å². The number of nitrogen functional groups attached to an aromatic ring is 1. The highest BCUT2D eigenvalue weighted by Crippen LogP contribution is 2.20. The lowest BCUT2D eigenvalue weighted by molar-refractivity contribution is -0.142. The maximum atomic E-state index is 12.4. The summed E-state index contributed by atoms with van der Waals surface area (Å²) in [4.78, 5) is 27.8. The molecule has 114 valence electrons. The quantitative estimate of drug-likeness (QED) is 0.849. The van der Waals surface area contributed by atoms with Gasteiger partial charge in [-0.15, -0.1) is 0 Å². The van der Waals surface area contributed by atoms with E-state index >= 15 is 0 Å². The number of likely N-dealkylation sites (N-methyl/N-ethyl adjacent to an activating group) is 1. The number of nitrogens with zero attached hydrogens (tertiary/aromatic N) is 2. The molecule has 1 saturated heterocycles. The summed E-state index contributed by atoms with van der Waals surface area (Å²) in [5.74, 6) is 0.0694. The van der Waals surface area contributed by atoms with Crippen molar-refractivity contribution in [1.29, 1.82) is 0 Å². The summed E-state index contributed by atoms with van der Waals surface area (Å²) in [6.45, 7) is 0.681. The predicted octanol–water partition coefficient (Wildman–Crippen LogP) is 1.28. The Labute approximate surface area is 125 Å². The van der Waals surface area contributed by atoms with Crippen molar-refractivity contribution in [2.45, 2.75) is 31.7 Å². The highest BCUT2D eigenvalue weighted by atomic mass is 16.2. The molecule has 1 heterocycles. The number of aryl methyl sites for hydroxylation is 1. The summed E-state index contributed by atoms with van der Waals surface area (Å²) < 4.78 is 0. The Morgan fingerprint density at radius 3 is 2.81 bits per heavy atom. The van der Waals surface area contributed by atoms with Crippen LogP contribution in [0.4, 0.5) is 5.69 Å². The van der Waals surface area contributed by atoms with E-state index in [1.54, 1.807) is 23.9 Å². The number of benzene rings is 1. The molecule has 2 N–H and O–H groups in total. The minimum absolute atomic E-state index is 0.0183. The smallest absolute Gasteiger partial charge is 0.244 e. The van der Waals surface area contributed by atoms with E-state index in [9.17, 15) is 9.59 Å². The van der Waals surface area contributed by atoms with Crippen LogP contribution in [0.25, 0.3) is 0 Å². The first-order chi connectivity index (χ1) is 9.99. The second-order valence-corrected chi connectivity index (χ2v) is 5.72. The Hall–Kier alpha value is -2.04. The van der Waals surface area contributed by atoms with Gasteiger partial charge in [-0.25, -0.2) is 0 Å². The molecule has 0 spiro atoms. The number of rotatable bonds is 4. The van der Waals surface area contributed by atoms with E-state index in [2.05, 4.69) is 0 Å². The summed E-state index contributed by atoms with van der Waals surface area (Å²) in [6.07, 6.45) is 2.74. The average Bonchev–Trinajstić information content (AvgIpc) is 2.93. The van der Waals surface area contributed by atoms with Gasteiger partial charge in [-0.1, -0.05) is 12.1 Å². The fraction of sp³-hybridized carbons (Fsp3) is 0.500. The van der Waals surface area contributed by atoms with Crippen LogP contribution in [-0.4, -0.2) is 48.3 Å². The van der Waals surface area contributed by atoms with E-state index < -0.39 is 0 Å². The molecule has 1 unspecified atom stereocenters. The molecule has 0 aromatic heterocycles. The SMILES string of the molecule is CN(C)C(=O)C1CCCN1C(=O)CCc1cccc(N)c1. The van der Waals surface area contributed by atoms with Gasteiger partial charge in [0, 0.05) is 32.7 Å². The van der Waals surface area contributed by atoms with Crippen LogP contribution in [0.2, 0.25) is 0 Å². The Balaban J connectivity index is 1.95. The molecular weight excluding hydrogens is 266 g/mol. The summed E-state index contributed by atoms with van der Waals surface area (Å²) in [7, 11) is 3.46. The summed E-state index contributed by atoms with van der Waals surface area (Å²) in [6, 6.07) is 7.30. The molecule has 0 radical (unpaired) electrons. The topological polar surface area (TPSA) is 66.6 Å². The van der Waals surface area contributed by atoms with E-state index in [4.69, 9.17) is 5.73 Å². The standard InChI is InChI=1S/C16H23N3O2/c1-18(2)16(21)14-7-4-10-19(14)15(20)9-8-12-5-3-6-13(17)11-12/h3,5-6,11,14H,4,7-10,17H2,1-2H3. The van der Waals surface area contributed by atoms with Crippen molar-refractivity contribution in [2.75, 3.05) is 26.4 Å². The lowest BCUT2D eigenvalue weighted by atomic mass is 10.1. The Morgan fingerprint density at radius 1 is 1.38 bits per heavy atom. The van der Waals surface area contributed by atoms with Gasteiger partial charge in [0.05, 0.1) is 0 Å². The van der Waals surface area contributed by atoms with E-state index in [1.165, 1.54) is 0 Å². The number of nitrogens with two attached hydrogens (primary N) is 1. The fourth-order valence-electron chi connectivity index (χ4n) is 2.76. The van der Waals surface area contributed by atoms with Crippen molar-refractivity contribution in [3.63, 3.8) is 0 Å². The zero-order valence-electron chi connectivity index (χ0n) is 12.7. The minimum Gasteiger partial charge on any atom is -0.399 e. The predicted molar refractivity (Wildman–Crippen MR) is 82.6 cm³/mol. The van der Waals surface area contributed by atoms with Gasteiger partial charge in [-0.05, 0) is 37.0 Å². The van der Waals surface area contributed by atoms with Gasteiger partial charge in [0.2, 0.25) is 11.8 Å². The maximum Gasteiger partial charge on any atom is 0.244 e. The zero-order chi connectivity index (χ0) is 15.4. The summed E-state index contributed by atoms with van der Waals surface area (Å²) >= 11 is 0. The number of carbonyl (C=O) groups is 2. The van der Waals surface area contributed by atoms with E-state index in [-0.39, 0.29) is 17.9 Å². The lowest BCUT2D eigenvalue weighted by Crippen LogP contribution is -2.45. The average molecular weight is 289 g/mol. The number of amides is 2. The van der Waals surface area contributed by atoms with Crippen molar-refractivity contribution in [1.82, 2.24) is 9.80 Å². The van der Waals surface area contributed by atoms with Gasteiger partial charge >= 0.3 is 0 Å². The van der Waals surface area contributed by atoms with Crippen LogP contribution in [0.3, 0.4) is 0 Å². The third kappa shape index (κ3) is 3.74. The molecule has 1 aromatic carbocycles. The zero-order valence-corrected chi connectivity index (χ0v) is 12.7. The van der Waals surface area contributed by atoms with E-state index in [0.717, 1.165) is 18.4 Å². The van der Waals surface area contributed by atoms with Crippen molar-refractivity contribution >= 4 is 17.5 Å². The van der Waals surface area contributed by atoms with Gasteiger partial charge in [-0.3, -0.25) is 9.59 Å². The molecule has 1 aliphatic heterocycles. The van der Waals surface area contributed by atoms with Gasteiger partial charge in [0.15, 0.2) is 0 Å². The molecule has 1 aromatic rings. The van der Waals surface area contributed by atoms with Gasteiger partial charge in [-0.2, -0.15) is 0 Å². The van der Waals surface area contributed by atoms with Crippen LogP contribution in [0.15, 0.2) is 24.3 Å². The lowest BCUT2D eigenvalue weighted by Gasteiger charge is -2.26. The highest BCUT2D eigenvalue weighted by Gasteiger charge is 2.34. The highest BCUT2D eigenvalue weighted by molar-refractivity contribution is 5.88. The largest absolute Gasteiger partial charge is 0.399 e. The molecule has 1 atom stereocenters. The normalized spacial score (nSPS) is 17.8. The van der Waals surface area contributed by atoms with E-state index in [1.807, 2.05) is 24.3 Å². The number of hydrogen-bond donors (Lipinski definition) is 1.